The molecule has 2 rings (SSSR count). The van der Waals surface area contributed by atoms with Crippen LogP contribution in [0.25, 0.3) is 0 Å². The number of aromatic nitrogens is 2. The van der Waals surface area contributed by atoms with Crippen molar-refractivity contribution in [3.8, 4) is 0 Å². The number of carbonyl (C=O) groups excluding carboxylic acids is 1. The van der Waals surface area contributed by atoms with Gasteiger partial charge < -0.3 is 15.4 Å². The molecule has 2 aromatic rings. The van der Waals surface area contributed by atoms with E-state index in [-0.39, 0.29) is 11.6 Å². The molecule has 0 spiro atoms. The molecule has 24 heavy (non-hydrogen) atoms. The number of rotatable bonds is 7. The minimum absolute atomic E-state index is 0.253. The Hall–Kier alpha value is -1.89. The molecule has 2 N–H and O–H groups in total. The zero-order chi connectivity index (χ0) is 17.5. The normalized spacial score (nSPS) is 10.5. The van der Waals surface area contributed by atoms with Crippen molar-refractivity contribution in [2.45, 2.75) is 13.3 Å². The highest BCUT2D eigenvalue weighted by Gasteiger charge is 2.12. The van der Waals surface area contributed by atoms with Gasteiger partial charge in [0.1, 0.15) is 17.3 Å². The predicted octanol–water partition coefficient (Wildman–Crippen LogP) is 3.79. The summed E-state index contributed by atoms with van der Waals surface area (Å²) in [4.78, 5) is 20.8. The summed E-state index contributed by atoms with van der Waals surface area (Å²) < 4.78 is 4.99. The Balaban J connectivity index is 2.09. The van der Waals surface area contributed by atoms with Crippen LogP contribution in [0.1, 0.15) is 22.7 Å². The van der Waals surface area contributed by atoms with Crippen LogP contribution in [0.3, 0.4) is 0 Å². The first kappa shape index (κ1) is 18.4. The average Bonchev–Trinajstić information content (AvgIpc) is 2.53. The molecule has 0 fully saturated rings. The number of ether oxygens (including phenoxy) is 1. The summed E-state index contributed by atoms with van der Waals surface area (Å²) in [7, 11) is 1.65. The van der Waals surface area contributed by atoms with Crippen LogP contribution in [-0.2, 0) is 4.74 Å². The number of amides is 1. The lowest BCUT2D eigenvalue weighted by atomic mass is 10.3. The molecule has 0 aliphatic heterocycles. The summed E-state index contributed by atoms with van der Waals surface area (Å²) in [5, 5.41) is 6.72. The molecular formula is C16H18Cl2N4O2. The van der Waals surface area contributed by atoms with Crippen molar-refractivity contribution in [2.24, 2.45) is 0 Å². The summed E-state index contributed by atoms with van der Waals surface area (Å²) in [5.41, 5.74) is 0.722. The predicted molar refractivity (Wildman–Crippen MR) is 96.2 cm³/mol. The van der Waals surface area contributed by atoms with Gasteiger partial charge in [-0.05, 0) is 31.5 Å². The van der Waals surface area contributed by atoms with Gasteiger partial charge >= 0.3 is 0 Å². The van der Waals surface area contributed by atoms with Crippen molar-refractivity contribution in [3.05, 3.63) is 45.8 Å². The Morgan fingerprint density at radius 3 is 2.75 bits per heavy atom. The highest BCUT2D eigenvalue weighted by atomic mass is 35.5. The van der Waals surface area contributed by atoms with Gasteiger partial charge in [0, 0.05) is 31.4 Å². The van der Waals surface area contributed by atoms with E-state index in [1.165, 1.54) is 0 Å². The second kappa shape index (κ2) is 8.82. The fourth-order valence-electron chi connectivity index (χ4n) is 1.98. The van der Waals surface area contributed by atoms with Crippen molar-refractivity contribution in [1.82, 2.24) is 9.97 Å². The number of methoxy groups -OCH3 is 1. The van der Waals surface area contributed by atoms with E-state index in [0.29, 0.717) is 40.5 Å². The molecule has 0 bridgehead atoms. The van der Waals surface area contributed by atoms with Gasteiger partial charge in [0.2, 0.25) is 0 Å². The third-order valence-electron chi connectivity index (χ3n) is 3.08. The maximum atomic E-state index is 12.4. The van der Waals surface area contributed by atoms with E-state index in [9.17, 15) is 4.79 Å². The number of aryl methyl sites for hydroxylation is 1. The van der Waals surface area contributed by atoms with E-state index in [0.717, 1.165) is 6.42 Å². The Bertz CT molecular complexity index is 725. The topological polar surface area (TPSA) is 76.1 Å². The minimum atomic E-state index is -0.371. The van der Waals surface area contributed by atoms with Crippen LogP contribution in [0, 0.1) is 6.92 Å². The van der Waals surface area contributed by atoms with Gasteiger partial charge in [-0.1, -0.05) is 23.2 Å². The molecular weight excluding hydrogens is 351 g/mol. The van der Waals surface area contributed by atoms with E-state index in [2.05, 4.69) is 20.6 Å². The monoisotopic (exact) mass is 368 g/mol. The van der Waals surface area contributed by atoms with Gasteiger partial charge in [-0.3, -0.25) is 4.79 Å². The average molecular weight is 369 g/mol. The van der Waals surface area contributed by atoms with E-state index >= 15 is 0 Å². The maximum Gasteiger partial charge on any atom is 0.274 e. The molecule has 0 unspecified atom stereocenters. The van der Waals surface area contributed by atoms with Crippen molar-refractivity contribution in [1.29, 1.82) is 0 Å². The highest BCUT2D eigenvalue weighted by Crippen LogP contribution is 2.25. The van der Waals surface area contributed by atoms with Crippen LogP contribution in [0.5, 0.6) is 0 Å². The van der Waals surface area contributed by atoms with Gasteiger partial charge in [-0.15, -0.1) is 0 Å². The molecule has 0 aliphatic carbocycles. The molecule has 0 atom stereocenters. The fourth-order valence-corrected chi connectivity index (χ4v) is 2.44. The Morgan fingerprint density at radius 2 is 2.04 bits per heavy atom. The number of benzene rings is 1. The number of anilines is 2. The van der Waals surface area contributed by atoms with Crippen LogP contribution in [0.2, 0.25) is 10.0 Å². The summed E-state index contributed by atoms with van der Waals surface area (Å²) in [6, 6.07) is 6.45. The third kappa shape index (κ3) is 5.33. The summed E-state index contributed by atoms with van der Waals surface area (Å²) in [6.07, 6.45) is 0.835. The number of carbonyl (C=O) groups is 1. The lowest BCUT2D eigenvalue weighted by molar-refractivity contribution is 0.102. The van der Waals surface area contributed by atoms with Crippen molar-refractivity contribution in [3.63, 3.8) is 0 Å². The molecule has 0 aliphatic rings. The number of nitrogens with one attached hydrogen (secondary N) is 2. The number of nitrogens with zero attached hydrogens (tertiary/aromatic N) is 2. The lowest BCUT2D eigenvalue weighted by Crippen LogP contribution is -2.16. The van der Waals surface area contributed by atoms with E-state index in [4.69, 9.17) is 27.9 Å². The first-order valence-corrected chi connectivity index (χ1v) is 8.10. The van der Waals surface area contributed by atoms with Gasteiger partial charge in [-0.25, -0.2) is 9.97 Å². The van der Waals surface area contributed by atoms with Crippen molar-refractivity contribution >= 4 is 40.6 Å². The molecule has 0 saturated carbocycles. The molecule has 8 heteroatoms. The number of hydrogen-bond acceptors (Lipinski definition) is 5. The van der Waals surface area contributed by atoms with Crippen LogP contribution in [0.4, 0.5) is 11.5 Å². The largest absolute Gasteiger partial charge is 0.385 e. The maximum absolute atomic E-state index is 12.4. The lowest BCUT2D eigenvalue weighted by Gasteiger charge is -2.10. The molecule has 1 aromatic carbocycles. The molecule has 1 heterocycles. The van der Waals surface area contributed by atoms with Crippen LogP contribution in [0.15, 0.2) is 24.3 Å². The SMILES string of the molecule is COCCCNc1cc(C(=O)Nc2ccc(Cl)cc2Cl)nc(C)n1. The zero-order valence-corrected chi connectivity index (χ0v) is 14.9. The molecule has 1 aromatic heterocycles. The quantitative estimate of drug-likeness (QED) is 0.727. The molecule has 6 nitrogen and oxygen atoms in total. The second-order valence-electron chi connectivity index (χ2n) is 5.04. The van der Waals surface area contributed by atoms with Gasteiger partial charge in [0.15, 0.2) is 0 Å². The first-order valence-electron chi connectivity index (χ1n) is 7.34. The van der Waals surface area contributed by atoms with Gasteiger partial charge in [0.05, 0.1) is 10.7 Å². The van der Waals surface area contributed by atoms with E-state index in [1.54, 1.807) is 38.3 Å². The molecule has 128 valence electrons. The van der Waals surface area contributed by atoms with Crippen molar-refractivity contribution in [2.75, 3.05) is 30.9 Å². The smallest absolute Gasteiger partial charge is 0.274 e. The minimum Gasteiger partial charge on any atom is -0.385 e. The molecule has 0 radical (unpaired) electrons. The van der Waals surface area contributed by atoms with E-state index in [1.807, 2.05) is 0 Å². The fraction of sp³-hybridized carbons (Fsp3) is 0.312. The van der Waals surface area contributed by atoms with Crippen molar-refractivity contribution < 1.29 is 9.53 Å². The van der Waals surface area contributed by atoms with E-state index < -0.39 is 0 Å². The third-order valence-corrected chi connectivity index (χ3v) is 3.63. The molecule has 1 amide bonds. The van der Waals surface area contributed by atoms with Gasteiger partial charge in [-0.2, -0.15) is 0 Å². The second-order valence-corrected chi connectivity index (χ2v) is 5.88. The summed E-state index contributed by atoms with van der Waals surface area (Å²) in [6.45, 7) is 3.07. The standard InChI is InChI=1S/C16H18Cl2N4O2/c1-10-20-14(9-15(21-10)19-6-3-7-24-2)16(23)22-13-5-4-11(17)8-12(13)18/h4-5,8-9H,3,6-7H2,1-2H3,(H,22,23)(H,19,20,21). The Morgan fingerprint density at radius 1 is 1.25 bits per heavy atom. The highest BCUT2D eigenvalue weighted by molar-refractivity contribution is 6.36. The van der Waals surface area contributed by atoms with Crippen LogP contribution < -0.4 is 10.6 Å². The summed E-state index contributed by atoms with van der Waals surface area (Å²) in [5.74, 6) is 0.717. The van der Waals surface area contributed by atoms with Crippen LogP contribution in [-0.4, -0.2) is 36.1 Å². The molecule has 0 saturated heterocycles. The first-order chi connectivity index (χ1) is 11.5. The zero-order valence-electron chi connectivity index (χ0n) is 13.4. The Labute approximate surface area is 150 Å². The Kier molecular flexibility index (Phi) is 6.78. The number of hydrogen-bond donors (Lipinski definition) is 2. The van der Waals surface area contributed by atoms with Gasteiger partial charge in [0.25, 0.3) is 5.91 Å². The summed E-state index contributed by atoms with van der Waals surface area (Å²) >= 11 is 11.9. The van der Waals surface area contributed by atoms with Crippen LogP contribution >= 0.6 is 23.2 Å². The number of halogens is 2.